The maximum atomic E-state index is 11.4. The minimum Gasteiger partial charge on any atom is -0.490 e. The normalized spacial score (nSPS) is 10.5. The Balaban J connectivity index is 3.00. The van der Waals surface area contributed by atoms with Crippen molar-refractivity contribution in [2.45, 2.75) is 13.8 Å². The Morgan fingerprint density at radius 2 is 1.95 bits per heavy atom. The molecule has 0 saturated heterocycles. The van der Waals surface area contributed by atoms with Gasteiger partial charge in [0.2, 0.25) is 0 Å². The molecule has 1 N–H and O–H groups in total. The summed E-state index contributed by atoms with van der Waals surface area (Å²) >= 11 is 3.33. The van der Waals surface area contributed by atoms with Crippen LogP contribution in [0.1, 0.15) is 19.4 Å². The number of ether oxygens (including phenoxy) is 3. The van der Waals surface area contributed by atoms with Crippen LogP contribution in [0.5, 0.6) is 11.5 Å². The smallest absolute Gasteiger partial charge is 0.344 e. The molecule has 0 aromatic heterocycles. The van der Waals surface area contributed by atoms with Gasteiger partial charge in [0.05, 0.1) is 17.7 Å². The van der Waals surface area contributed by atoms with Crippen molar-refractivity contribution in [3.05, 3.63) is 28.2 Å². The van der Waals surface area contributed by atoms with Gasteiger partial charge in [-0.05, 0) is 53.5 Å². The molecule has 0 aliphatic rings. The van der Waals surface area contributed by atoms with E-state index < -0.39 is 11.9 Å². The lowest BCUT2D eigenvalue weighted by Crippen LogP contribution is -2.15. The summed E-state index contributed by atoms with van der Waals surface area (Å²) < 4.78 is 16.2. The molecule has 0 heterocycles. The lowest BCUT2D eigenvalue weighted by atomic mass is 10.2. The molecule has 0 bridgehead atoms. The van der Waals surface area contributed by atoms with Gasteiger partial charge in [-0.3, -0.25) is 0 Å². The highest BCUT2D eigenvalue weighted by Gasteiger charge is 2.14. The van der Waals surface area contributed by atoms with Crippen molar-refractivity contribution in [2.75, 3.05) is 19.8 Å². The summed E-state index contributed by atoms with van der Waals surface area (Å²) in [4.78, 5) is 21.9. The molecule has 1 rings (SSSR count). The zero-order chi connectivity index (χ0) is 16.5. The molecule has 0 saturated carbocycles. The first-order valence-electron chi connectivity index (χ1n) is 6.63. The van der Waals surface area contributed by atoms with Gasteiger partial charge < -0.3 is 19.3 Å². The lowest BCUT2D eigenvalue weighted by Gasteiger charge is -2.14. The summed E-state index contributed by atoms with van der Waals surface area (Å²) in [6.07, 6.45) is 2.46. The molecule has 1 aromatic rings. The summed E-state index contributed by atoms with van der Waals surface area (Å²) in [6, 6.07) is 3.30. The minimum absolute atomic E-state index is 0.239. The van der Waals surface area contributed by atoms with E-state index in [1.165, 1.54) is 6.08 Å². The highest BCUT2D eigenvalue weighted by molar-refractivity contribution is 9.10. The second-order valence-corrected chi connectivity index (χ2v) is 4.88. The lowest BCUT2D eigenvalue weighted by molar-refractivity contribution is -0.145. The van der Waals surface area contributed by atoms with E-state index in [2.05, 4.69) is 15.9 Å². The molecule has 0 amide bonds. The maximum absolute atomic E-state index is 11.4. The SMILES string of the molecule is CCOC(=O)COc1c(Br)cc(C=CC(=O)O)cc1OCC. The van der Waals surface area contributed by atoms with Crippen LogP contribution in [-0.2, 0) is 14.3 Å². The third-order valence-corrected chi connectivity index (χ3v) is 2.98. The molecule has 0 radical (unpaired) electrons. The van der Waals surface area contributed by atoms with Gasteiger partial charge >= 0.3 is 11.9 Å². The Labute approximate surface area is 136 Å². The van der Waals surface area contributed by atoms with E-state index in [9.17, 15) is 9.59 Å². The van der Waals surface area contributed by atoms with Gasteiger partial charge in [0.25, 0.3) is 0 Å². The summed E-state index contributed by atoms with van der Waals surface area (Å²) in [5.41, 5.74) is 0.626. The number of aliphatic carboxylic acids is 1. The Morgan fingerprint density at radius 3 is 2.55 bits per heavy atom. The molecule has 0 fully saturated rings. The fourth-order valence-corrected chi connectivity index (χ4v) is 2.16. The van der Waals surface area contributed by atoms with Gasteiger partial charge in [-0.1, -0.05) is 0 Å². The van der Waals surface area contributed by atoms with Crippen molar-refractivity contribution in [2.24, 2.45) is 0 Å². The van der Waals surface area contributed by atoms with Gasteiger partial charge in [-0.2, -0.15) is 0 Å². The standard InChI is InChI=1S/C15H17BrO6/c1-3-20-12-8-10(5-6-13(17)18)7-11(16)15(12)22-9-14(19)21-4-2/h5-8H,3-4,9H2,1-2H3,(H,17,18). The summed E-state index contributed by atoms with van der Waals surface area (Å²) in [5, 5.41) is 8.66. The van der Waals surface area contributed by atoms with Crippen molar-refractivity contribution in [3.8, 4) is 11.5 Å². The van der Waals surface area contributed by atoms with E-state index >= 15 is 0 Å². The van der Waals surface area contributed by atoms with Crippen LogP contribution in [0.15, 0.2) is 22.7 Å². The number of rotatable bonds is 8. The second kappa shape index (κ2) is 9.09. The third kappa shape index (κ3) is 5.77. The number of esters is 1. The Kier molecular flexibility index (Phi) is 7.45. The van der Waals surface area contributed by atoms with E-state index in [1.54, 1.807) is 19.1 Å². The molecule has 22 heavy (non-hydrogen) atoms. The van der Waals surface area contributed by atoms with Gasteiger partial charge in [-0.25, -0.2) is 9.59 Å². The number of benzene rings is 1. The zero-order valence-corrected chi connectivity index (χ0v) is 13.9. The number of carboxylic acids is 1. The van der Waals surface area contributed by atoms with E-state index in [-0.39, 0.29) is 13.2 Å². The van der Waals surface area contributed by atoms with Crippen LogP contribution in [0.25, 0.3) is 6.08 Å². The average Bonchev–Trinajstić information content (AvgIpc) is 2.44. The Hall–Kier alpha value is -2.02. The molecule has 7 heteroatoms. The molecular formula is C15H17BrO6. The monoisotopic (exact) mass is 372 g/mol. The molecule has 0 atom stereocenters. The van der Waals surface area contributed by atoms with Crippen LogP contribution in [0.4, 0.5) is 0 Å². The predicted molar refractivity (Wildman–Crippen MR) is 84.1 cm³/mol. The largest absolute Gasteiger partial charge is 0.490 e. The first kappa shape index (κ1) is 18.0. The fourth-order valence-electron chi connectivity index (χ4n) is 1.59. The van der Waals surface area contributed by atoms with Gasteiger partial charge in [0.1, 0.15) is 0 Å². The number of carboxylic acid groups (broad SMARTS) is 1. The number of halogens is 1. The van der Waals surface area contributed by atoms with Crippen molar-refractivity contribution < 1.29 is 28.9 Å². The van der Waals surface area contributed by atoms with E-state index in [0.29, 0.717) is 28.1 Å². The highest BCUT2D eigenvalue weighted by Crippen LogP contribution is 2.37. The minimum atomic E-state index is -1.04. The van der Waals surface area contributed by atoms with Gasteiger partial charge in [-0.15, -0.1) is 0 Å². The quantitative estimate of drug-likeness (QED) is 0.558. The second-order valence-electron chi connectivity index (χ2n) is 4.03. The third-order valence-electron chi connectivity index (χ3n) is 2.39. The van der Waals surface area contributed by atoms with Crippen molar-refractivity contribution >= 4 is 33.9 Å². The summed E-state index contributed by atoms with van der Waals surface area (Å²) in [5.74, 6) is -0.753. The first-order chi connectivity index (χ1) is 10.5. The Bertz CT molecular complexity index is 567. The molecular weight excluding hydrogens is 356 g/mol. The molecule has 0 unspecified atom stereocenters. The number of carbonyl (C=O) groups is 2. The van der Waals surface area contributed by atoms with Crippen molar-refractivity contribution in [1.29, 1.82) is 0 Å². The molecule has 1 aromatic carbocycles. The van der Waals surface area contributed by atoms with Crippen molar-refractivity contribution in [1.82, 2.24) is 0 Å². The van der Waals surface area contributed by atoms with E-state index in [4.69, 9.17) is 19.3 Å². The van der Waals surface area contributed by atoms with Crippen LogP contribution >= 0.6 is 15.9 Å². The van der Waals surface area contributed by atoms with Crippen LogP contribution in [0, 0.1) is 0 Å². The summed E-state index contributed by atoms with van der Waals surface area (Å²) in [6.45, 7) is 3.96. The molecule has 0 aliphatic carbocycles. The average molecular weight is 373 g/mol. The topological polar surface area (TPSA) is 82.1 Å². The first-order valence-corrected chi connectivity index (χ1v) is 7.43. The molecule has 0 aliphatic heterocycles. The number of carbonyl (C=O) groups excluding carboxylic acids is 1. The predicted octanol–water partition coefficient (Wildman–Crippen LogP) is 2.89. The number of hydrogen-bond donors (Lipinski definition) is 1. The van der Waals surface area contributed by atoms with Crippen LogP contribution in [0.2, 0.25) is 0 Å². The molecule has 0 spiro atoms. The van der Waals surface area contributed by atoms with Crippen LogP contribution < -0.4 is 9.47 Å². The molecule has 120 valence electrons. The summed E-state index contributed by atoms with van der Waals surface area (Å²) in [7, 11) is 0. The van der Waals surface area contributed by atoms with Gasteiger partial charge in [0.15, 0.2) is 18.1 Å². The van der Waals surface area contributed by atoms with Crippen LogP contribution in [0.3, 0.4) is 0 Å². The Morgan fingerprint density at radius 1 is 1.23 bits per heavy atom. The van der Waals surface area contributed by atoms with Crippen molar-refractivity contribution in [3.63, 3.8) is 0 Å². The van der Waals surface area contributed by atoms with Gasteiger partial charge in [0, 0.05) is 6.08 Å². The van der Waals surface area contributed by atoms with E-state index in [1.807, 2.05) is 6.92 Å². The highest BCUT2D eigenvalue weighted by atomic mass is 79.9. The molecule has 6 nitrogen and oxygen atoms in total. The number of hydrogen-bond acceptors (Lipinski definition) is 5. The fraction of sp³-hybridized carbons (Fsp3) is 0.333. The van der Waals surface area contributed by atoms with Crippen LogP contribution in [-0.4, -0.2) is 36.9 Å². The maximum Gasteiger partial charge on any atom is 0.344 e. The zero-order valence-electron chi connectivity index (χ0n) is 12.3. The van der Waals surface area contributed by atoms with E-state index in [0.717, 1.165) is 6.08 Å².